The Balaban J connectivity index is 2.34. The molecule has 108 valence electrons. The highest BCUT2D eigenvalue weighted by Gasteiger charge is 2.04. The van der Waals surface area contributed by atoms with Crippen molar-refractivity contribution < 1.29 is 4.74 Å². The van der Waals surface area contributed by atoms with Gasteiger partial charge in [-0.2, -0.15) is 4.98 Å². The summed E-state index contributed by atoms with van der Waals surface area (Å²) in [4.78, 5) is 8.46. The van der Waals surface area contributed by atoms with Gasteiger partial charge in [0.25, 0.3) is 0 Å². The molecule has 5 nitrogen and oxygen atoms in total. The first-order valence-electron chi connectivity index (χ1n) is 6.86. The lowest BCUT2D eigenvalue weighted by Crippen LogP contribution is -2.10. The number of nitrogens with one attached hydrogen (secondary N) is 2. The van der Waals surface area contributed by atoms with E-state index >= 15 is 0 Å². The zero-order chi connectivity index (χ0) is 13.9. The number of halogens is 1. The highest BCUT2D eigenvalue weighted by Crippen LogP contribution is 2.19. The fourth-order valence-corrected chi connectivity index (χ4v) is 1.60. The molecule has 0 aromatic carbocycles. The molecule has 0 unspecified atom stereocenters. The van der Waals surface area contributed by atoms with Gasteiger partial charge in [0.15, 0.2) is 0 Å². The van der Waals surface area contributed by atoms with E-state index in [1.807, 2.05) is 0 Å². The summed E-state index contributed by atoms with van der Waals surface area (Å²) >= 11 is 6.05. The van der Waals surface area contributed by atoms with Crippen LogP contribution in [-0.4, -0.2) is 36.3 Å². The Morgan fingerprint density at radius 2 is 2.00 bits per heavy atom. The molecule has 1 aromatic rings. The summed E-state index contributed by atoms with van der Waals surface area (Å²) in [7, 11) is 0. The van der Waals surface area contributed by atoms with Crippen molar-refractivity contribution in [1.82, 2.24) is 9.97 Å². The Bertz CT molecular complexity index is 362. The van der Waals surface area contributed by atoms with Crippen LogP contribution in [0.25, 0.3) is 0 Å². The van der Waals surface area contributed by atoms with E-state index < -0.39 is 0 Å². The predicted octanol–water partition coefficient (Wildman–Crippen LogP) is 3.18. The highest BCUT2D eigenvalue weighted by atomic mass is 35.5. The number of nitrogens with zero attached hydrogens (tertiary/aromatic N) is 2. The van der Waals surface area contributed by atoms with Gasteiger partial charge in [-0.3, -0.25) is 0 Å². The molecule has 1 heterocycles. The van der Waals surface area contributed by atoms with E-state index in [1.54, 1.807) is 6.20 Å². The summed E-state index contributed by atoms with van der Waals surface area (Å²) in [6, 6.07) is 0. The Kier molecular flexibility index (Phi) is 8.25. The molecule has 0 atom stereocenters. The lowest BCUT2D eigenvalue weighted by molar-refractivity contribution is 0.134. The van der Waals surface area contributed by atoms with Crippen LogP contribution in [-0.2, 0) is 4.74 Å². The fraction of sp³-hybridized carbons (Fsp3) is 0.692. The molecule has 0 saturated carbocycles. The molecule has 2 N–H and O–H groups in total. The third kappa shape index (κ3) is 6.59. The van der Waals surface area contributed by atoms with E-state index in [1.165, 1.54) is 0 Å². The van der Waals surface area contributed by atoms with Crippen molar-refractivity contribution in [2.24, 2.45) is 0 Å². The summed E-state index contributed by atoms with van der Waals surface area (Å²) in [5, 5.41) is 6.88. The van der Waals surface area contributed by atoms with Gasteiger partial charge < -0.3 is 15.4 Å². The van der Waals surface area contributed by atoms with E-state index in [0.717, 1.165) is 45.6 Å². The number of hydrogen-bond donors (Lipinski definition) is 2. The Hall–Kier alpha value is -1.07. The maximum Gasteiger partial charge on any atom is 0.224 e. The lowest BCUT2D eigenvalue weighted by atomic mass is 10.4. The summed E-state index contributed by atoms with van der Waals surface area (Å²) < 4.78 is 5.41. The van der Waals surface area contributed by atoms with Crippen LogP contribution in [0.5, 0.6) is 0 Å². The van der Waals surface area contributed by atoms with Crippen molar-refractivity contribution in [3.05, 3.63) is 11.2 Å². The van der Waals surface area contributed by atoms with Gasteiger partial charge in [0, 0.05) is 26.3 Å². The van der Waals surface area contributed by atoms with Crippen molar-refractivity contribution in [2.75, 3.05) is 36.9 Å². The molecular formula is C13H23ClN4O. The summed E-state index contributed by atoms with van der Waals surface area (Å²) in [5.74, 6) is 1.28. The van der Waals surface area contributed by atoms with Crippen LogP contribution in [0.2, 0.25) is 5.02 Å². The molecule has 0 amide bonds. The van der Waals surface area contributed by atoms with Crippen LogP contribution < -0.4 is 10.6 Å². The molecule has 1 rings (SSSR count). The second kappa shape index (κ2) is 9.81. The molecule has 0 spiro atoms. The topological polar surface area (TPSA) is 59.1 Å². The molecule has 0 aliphatic carbocycles. The van der Waals surface area contributed by atoms with Gasteiger partial charge in [-0.05, 0) is 19.3 Å². The highest BCUT2D eigenvalue weighted by molar-refractivity contribution is 6.32. The van der Waals surface area contributed by atoms with Gasteiger partial charge in [-0.25, -0.2) is 4.98 Å². The standard InChI is InChI=1S/C13H23ClN4O/c1-3-6-16-13-17-10-11(14)12(18-13)15-7-5-9-19-8-4-2/h10H,3-9H2,1-2H3,(H2,15,16,17,18). The molecule has 0 radical (unpaired) electrons. The Morgan fingerprint density at radius 3 is 2.74 bits per heavy atom. The van der Waals surface area contributed by atoms with Crippen molar-refractivity contribution >= 4 is 23.4 Å². The smallest absolute Gasteiger partial charge is 0.224 e. The Morgan fingerprint density at radius 1 is 1.16 bits per heavy atom. The molecule has 0 saturated heterocycles. The quantitative estimate of drug-likeness (QED) is 0.647. The first kappa shape index (κ1) is 16.0. The third-order valence-electron chi connectivity index (χ3n) is 2.38. The van der Waals surface area contributed by atoms with Gasteiger partial charge >= 0.3 is 0 Å². The first-order valence-corrected chi connectivity index (χ1v) is 7.23. The second-order valence-electron chi connectivity index (χ2n) is 4.21. The van der Waals surface area contributed by atoms with E-state index in [-0.39, 0.29) is 0 Å². The maximum atomic E-state index is 6.05. The number of ether oxygens (including phenoxy) is 1. The fourth-order valence-electron chi connectivity index (χ4n) is 1.44. The van der Waals surface area contributed by atoms with Crippen LogP contribution in [0.1, 0.15) is 33.1 Å². The van der Waals surface area contributed by atoms with E-state index in [0.29, 0.717) is 16.8 Å². The molecule has 1 aromatic heterocycles. The van der Waals surface area contributed by atoms with E-state index in [4.69, 9.17) is 16.3 Å². The van der Waals surface area contributed by atoms with E-state index in [9.17, 15) is 0 Å². The average Bonchev–Trinajstić information content (AvgIpc) is 2.43. The van der Waals surface area contributed by atoms with Crippen molar-refractivity contribution in [3.63, 3.8) is 0 Å². The summed E-state index contributed by atoms with van der Waals surface area (Å²) in [6.07, 6.45) is 4.63. The number of hydrogen-bond acceptors (Lipinski definition) is 5. The van der Waals surface area contributed by atoms with Crippen LogP contribution >= 0.6 is 11.6 Å². The maximum absolute atomic E-state index is 6.05. The molecule has 0 aliphatic rings. The van der Waals surface area contributed by atoms with Crippen LogP contribution in [0.4, 0.5) is 11.8 Å². The van der Waals surface area contributed by atoms with Crippen molar-refractivity contribution in [2.45, 2.75) is 33.1 Å². The molecule has 0 bridgehead atoms. The lowest BCUT2D eigenvalue weighted by Gasteiger charge is -2.09. The average molecular weight is 287 g/mol. The number of aromatic nitrogens is 2. The predicted molar refractivity (Wildman–Crippen MR) is 80.0 cm³/mol. The van der Waals surface area contributed by atoms with Crippen LogP contribution in [0, 0.1) is 0 Å². The number of anilines is 2. The van der Waals surface area contributed by atoms with E-state index in [2.05, 4.69) is 34.4 Å². The number of rotatable bonds is 10. The summed E-state index contributed by atoms with van der Waals surface area (Å²) in [5.41, 5.74) is 0. The first-order chi connectivity index (χ1) is 9.27. The zero-order valence-electron chi connectivity index (χ0n) is 11.7. The van der Waals surface area contributed by atoms with Crippen molar-refractivity contribution in [3.8, 4) is 0 Å². The van der Waals surface area contributed by atoms with Gasteiger partial charge in [0.1, 0.15) is 10.8 Å². The normalized spacial score (nSPS) is 10.5. The zero-order valence-corrected chi connectivity index (χ0v) is 12.5. The summed E-state index contributed by atoms with van der Waals surface area (Å²) in [6.45, 7) is 7.41. The second-order valence-corrected chi connectivity index (χ2v) is 4.62. The van der Waals surface area contributed by atoms with Gasteiger partial charge in [-0.15, -0.1) is 0 Å². The SMILES string of the molecule is CCCNc1ncc(Cl)c(NCCCOCCC)n1. The largest absolute Gasteiger partial charge is 0.381 e. The minimum Gasteiger partial charge on any atom is -0.381 e. The van der Waals surface area contributed by atoms with Gasteiger partial charge in [-0.1, -0.05) is 25.4 Å². The molecule has 19 heavy (non-hydrogen) atoms. The minimum atomic E-state index is 0.538. The monoisotopic (exact) mass is 286 g/mol. The van der Waals surface area contributed by atoms with Crippen molar-refractivity contribution in [1.29, 1.82) is 0 Å². The molecule has 6 heteroatoms. The third-order valence-corrected chi connectivity index (χ3v) is 2.66. The molecule has 0 fully saturated rings. The van der Waals surface area contributed by atoms with Gasteiger partial charge in [0.05, 0.1) is 6.20 Å². The minimum absolute atomic E-state index is 0.538. The van der Waals surface area contributed by atoms with Gasteiger partial charge in [0.2, 0.25) is 5.95 Å². The van der Waals surface area contributed by atoms with Crippen LogP contribution in [0.15, 0.2) is 6.20 Å². The molecule has 0 aliphatic heterocycles. The Labute approximate surface area is 120 Å². The van der Waals surface area contributed by atoms with Crippen LogP contribution in [0.3, 0.4) is 0 Å². The molecular weight excluding hydrogens is 264 g/mol.